The van der Waals surface area contributed by atoms with E-state index < -0.39 is 18.2 Å². The summed E-state index contributed by atoms with van der Waals surface area (Å²) in [6, 6.07) is 7.91. The van der Waals surface area contributed by atoms with Gasteiger partial charge in [-0.3, -0.25) is 0 Å². The van der Waals surface area contributed by atoms with Crippen molar-refractivity contribution < 1.29 is 23.4 Å². The van der Waals surface area contributed by atoms with E-state index in [4.69, 9.17) is 10.2 Å². The minimum atomic E-state index is -4.50. The summed E-state index contributed by atoms with van der Waals surface area (Å²) < 4.78 is 38.2. The summed E-state index contributed by atoms with van der Waals surface area (Å²) in [5, 5.41) is 18.3. The normalized spacial score (nSPS) is 16.3. The summed E-state index contributed by atoms with van der Waals surface area (Å²) in [5.74, 6) is 0.594. The highest BCUT2D eigenvalue weighted by atomic mass is 19.4. The number of nitrogens with one attached hydrogen (secondary N) is 1. The highest BCUT2D eigenvalue weighted by Crippen LogP contribution is 2.28. The summed E-state index contributed by atoms with van der Waals surface area (Å²) in [5.41, 5.74) is 1.49. The Morgan fingerprint density at radius 3 is 2.62 bits per heavy atom. The van der Waals surface area contributed by atoms with Gasteiger partial charge in [-0.15, -0.1) is 0 Å². The largest absolute Gasteiger partial charge is 0.434 e. The van der Waals surface area contributed by atoms with Crippen molar-refractivity contribution in [3.63, 3.8) is 0 Å². The molecule has 32 heavy (non-hydrogen) atoms. The standard InChI is InChI=1S/C23H27F3N4O2/c1-2-19(22-28-14-20(29-22)23(24,25)26)13-27-15-30-8-6-16(7-9-30)10-17-4-3-5-18(11-17)12-21(31)32/h2-5,11,13-16,21,31-32H,1,6-10,12H2,(H,28,29)/b19-13+,27-15+. The van der Waals surface area contributed by atoms with E-state index in [1.54, 1.807) is 6.34 Å². The zero-order chi connectivity index (χ0) is 23.1. The van der Waals surface area contributed by atoms with Gasteiger partial charge in [-0.25, -0.2) is 9.98 Å². The van der Waals surface area contributed by atoms with Gasteiger partial charge >= 0.3 is 6.18 Å². The van der Waals surface area contributed by atoms with Crippen LogP contribution >= 0.6 is 0 Å². The van der Waals surface area contributed by atoms with Crippen molar-refractivity contribution in [2.75, 3.05) is 13.1 Å². The Morgan fingerprint density at radius 2 is 2.00 bits per heavy atom. The highest BCUT2D eigenvalue weighted by Gasteiger charge is 2.33. The Hall–Kier alpha value is -2.91. The quantitative estimate of drug-likeness (QED) is 0.248. The number of hydrogen-bond donors (Lipinski definition) is 3. The number of H-pyrrole nitrogens is 1. The molecule has 0 bridgehead atoms. The molecule has 1 aromatic heterocycles. The molecule has 1 aromatic carbocycles. The number of likely N-dealkylation sites (tertiary alicyclic amines) is 1. The molecule has 0 aliphatic carbocycles. The molecule has 2 heterocycles. The third-order valence-electron chi connectivity index (χ3n) is 5.39. The van der Waals surface area contributed by atoms with Crippen LogP contribution in [0, 0.1) is 5.92 Å². The number of imidazole rings is 1. The number of aliphatic imine (C=N–C) groups is 1. The smallest absolute Gasteiger partial charge is 0.368 e. The first-order valence-corrected chi connectivity index (χ1v) is 10.4. The van der Waals surface area contributed by atoms with E-state index in [1.165, 1.54) is 17.8 Å². The van der Waals surface area contributed by atoms with Gasteiger partial charge < -0.3 is 20.1 Å². The highest BCUT2D eigenvalue weighted by molar-refractivity contribution is 5.70. The van der Waals surface area contributed by atoms with Crippen LogP contribution in [0.3, 0.4) is 0 Å². The van der Waals surface area contributed by atoms with E-state index in [2.05, 4.69) is 32.5 Å². The molecule has 172 valence electrons. The maximum absolute atomic E-state index is 12.7. The second-order valence-corrected chi connectivity index (χ2v) is 7.87. The molecule has 0 atom stereocenters. The second kappa shape index (κ2) is 10.6. The fourth-order valence-corrected chi connectivity index (χ4v) is 3.73. The Bertz CT molecular complexity index is 958. The second-order valence-electron chi connectivity index (χ2n) is 7.87. The summed E-state index contributed by atoms with van der Waals surface area (Å²) in [7, 11) is 0. The minimum Gasteiger partial charge on any atom is -0.368 e. The predicted octanol–water partition coefficient (Wildman–Crippen LogP) is 3.79. The number of piperidine rings is 1. The van der Waals surface area contributed by atoms with Gasteiger partial charge in [0.25, 0.3) is 0 Å². The van der Waals surface area contributed by atoms with Crippen molar-refractivity contribution in [1.29, 1.82) is 0 Å². The number of alkyl halides is 3. The maximum atomic E-state index is 12.7. The fraction of sp³-hybridized carbons (Fsp3) is 0.391. The number of allylic oxidation sites excluding steroid dienone is 2. The van der Waals surface area contributed by atoms with E-state index in [9.17, 15) is 13.2 Å². The van der Waals surface area contributed by atoms with Crippen LogP contribution in [-0.2, 0) is 19.0 Å². The summed E-state index contributed by atoms with van der Waals surface area (Å²) >= 11 is 0. The lowest BCUT2D eigenvalue weighted by atomic mass is 9.89. The molecule has 6 nitrogen and oxygen atoms in total. The van der Waals surface area contributed by atoms with E-state index in [1.807, 2.05) is 18.2 Å². The summed E-state index contributed by atoms with van der Waals surface area (Å²) in [6.45, 7) is 5.29. The molecular formula is C23H27F3N4O2. The molecule has 3 rings (SSSR count). The van der Waals surface area contributed by atoms with Gasteiger partial charge in [0.2, 0.25) is 0 Å². The number of aromatic nitrogens is 2. The molecule has 0 saturated carbocycles. The van der Waals surface area contributed by atoms with Crippen LogP contribution in [0.1, 0.15) is 35.5 Å². The van der Waals surface area contributed by atoms with Crippen molar-refractivity contribution in [3.05, 3.63) is 72.0 Å². The van der Waals surface area contributed by atoms with Gasteiger partial charge in [0.15, 0.2) is 12.0 Å². The fourth-order valence-electron chi connectivity index (χ4n) is 3.73. The number of aromatic amines is 1. The number of benzene rings is 1. The van der Waals surface area contributed by atoms with Crippen LogP contribution < -0.4 is 0 Å². The lowest BCUT2D eigenvalue weighted by Gasteiger charge is -2.30. The molecule has 0 spiro atoms. The third kappa shape index (κ3) is 6.80. The molecule has 0 radical (unpaired) electrons. The summed E-state index contributed by atoms with van der Waals surface area (Å²) in [6.07, 6.45) is 2.65. The number of nitrogens with zero attached hydrogens (tertiary/aromatic N) is 3. The van der Waals surface area contributed by atoms with Gasteiger partial charge in [0.1, 0.15) is 5.82 Å². The van der Waals surface area contributed by atoms with Crippen LogP contribution in [0.5, 0.6) is 0 Å². The first-order chi connectivity index (χ1) is 15.2. The number of rotatable bonds is 8. The van der Waals surface area contributed by atoms with Crippen molar-refractivity contribution in [2.45, 2.75) is 38.1 Å². The number of aliphatic hydroxyl groups is 2. The monoisotopic (exact) mass is 448 g/mol. The zero-order valence-corrected chi connectivity index (χ0v) is 17.6. The molecule has 1 saturated heterocycles. The Kier molecular flexibility index (Phi) is 7.87. The Morgan fingerprint density at radius 1 is 1.28 bits per heavy atom. The van der Waals surface area contributed by atoms with Gasteiger partial charge in [0, 0.05) is 37.5 Å². The molecule has 1 fully saturated rings. The molecule has 0 amide bonds. The molecule has 1 aliphatic rings. The average molecular weight is 448 g/mol. The molecule has 0 unspecified atom stereocenters. The SMILES string of the molecule is C=C/C(=C\N=C\N1CCC(Cc2cccc(CC(O)O)c2)CC1)c1nc(C(F)(F)F)c[nH]1. The van der Waals surface area contributed by atoms with Gasteiger partial charge in [-0.2, -0.15) is 13.2 Å². The third-order valence-corrected chi connectivity index (χ3v) is 5.39. The number of aliphatic hydroxyl groups excluding tert-OH is 1. The van der Waals surface area contributed by atoms with Gasteiger partial charge in [-0.05, 0) is 36.3 Å². The lowest BCUT2D eigenvalue weighted by Crippen LogP contribution is -2.33. The molecule has 1 aliphatic heterocycles. The van der Waals surface area contributed by atoms with Crippen LogP contribution in [0.15, 0.2) is 54.3 Å². The van der Waals surface area contributed by atoms with Gasteiger partial charge in [-0.1, -0.05) is 36.9 Å². The first-order valence-electron chi connectivity index (χ1n) is 10.4. The van der Waals surface area contributed by atoms with E-state index in [0.29, 0.717) is 11.5 Å². The predicted molar refractivity (Wildman–Crippen MR) is 117 cm³/mol. The average Bonchev–Trinajstić information content (AvgIpc) is 3.23. The molecule has 2 aromatic rings. The topological polar surface area (TPSA) is 84.7 Å². The minimum absolute atomic E-state index is 0.0686. The van der Waals surface area contributed by atoms with Crippen LogP contribution in [0.4, 0.5) is 13.2 Å². The molecule has 9 heteroatoms. The summed E-state index contributed by atoms with van der Waals surface area (Å²) in [4.78, 5) is 12.4. The number of halogens is 3. The molecular weight excluding hydrogens is 421 g/mol. The van der Waals surface area contributed by atoms with E-state index in [0.717, 1.165) is 44.1 Å². The Labute approximate surface area is 184 Å². The van der Waals surface area contributed by atoms with E-state index in [-0.39, 0.29) is 12.2 Å². The number of hydrogen-bond acceptors (Lipinski definition) is 4. The van der Waals surface area contributed by atoms with Crippen molar-refractivity contribution >= 4 is 11.9 Å². The van der Waals surface area contributed by atoms with Crippen LogP contribution in [0.2, 0.25) is 0 Å². The van der Waals surface area contributed by atoms with Crippen molar-refractivity contribution in [2.24, 2.45) is 10.9 Å². The van der Waals surface area contributed by atoms with Crippen molar-refractivity contribution in [1.82, 2.24) is 14.9 Å². The Balaban J connectivity index is 1.52. The van der Waals surface area contributed by atoms with Crippen molar-refractivity contribution in [3.8, 4) is 0 Å². The van der Waals surface area contributed by atoms with Gasteiger partial charge in [0.05, 0.1) is 6.34 Å². The van der Waals surface area contributed by atoms with E-state index >= 15 is 0 Å². The molecule has 3 N–H and O–H groups in total. The van der Waals surface area contributed by atoms with Crippen LogP contribution in [0.25, 0.3) is 5.57 Å². The lowest BCUT2D eigenvalue weighted by molar-refractivity contribution is -0.140. The maximum Gasteiger partial charge on any atom is 0.434 e. The zero-order valence-electron chi connectivity index (χ0n) is 17.6. The van der Waals surface area contributed by atoms with Crippen LogP contribution in [-0.4, -0.2) is 50.8 Å². The first kappa shape index (κ1) is 23.7.